The molecule has 1 atom stereocenters. The molecule has 1 aromatic heterocycles. The van der Waals surface area contributed by atoms with Crippen LogP contribution in [0.3, 0.4) is 0 Å². The van der Waals surface area contributed by atoms with Crippen LogP contribution in [-0.2, 0) is 19.4 Å². The summed E-state index contributed by atoms with van der Waals surface area (Å²) >= 11 is 0. The summed E-state index contributed by atoms with van der Waals surface area (Å²) in [7, 11) is 0. The Labute approximate surface area is 148 Å². The van der Waals surface area contributed by atoms with Crippen LogP contribution in [0.1, 0.15) is 62.6 Å². The highest BCUT2D eigenvalue weighted by molar-refractivity contribution is 5.75. The Balaban J connectivity index is 1.46. The Morgan fingerprint density at radius 2 is 1.92 bits per heavy atom. The van der Waals surface area contributed by atoms with Gasteiger partial charge in [0.2, 0.25) is 0 Å². The van der Waals surface area contributed by atoms with Crippen LogP contribution in [-0.4, -0.2) is 39.3 Å². The molecule has 2 aliphatic carbocycles. The van der Waals surface area contributed by atoms with Crippen molar-refractivity contribution >= 4 is 6.03 Å². The molecule has 0 bridgehead atoms. The Hall–Kier alpha value is -1.85. The predicted octanol–water partition coefficient (Wildman–Crippen LogP) is 2.24. The van der Waals surface area contributed by atoms with Crippen molar-refractivity contribution in [3.63, 3.8) is 0 Å². The molecule has 2 fully saturated rings. The van der Waals surface area contributed by atoms with E-state index in [2.05, 4.69) is 10.4 Å². The minimum Gasteiger partial charge on any atom is -0.335 e. The Morgan fingerprint density at radius 1 is 1.12 bits per heavy atom. The van der Waals surface area contributed by atoms with Gasteiger partial charge < -0.3 is 10.2 Å². The fraction of sp³-hybridized carbons (Fsp3) is 0.737. The van der Waals surface area contributed by atoms with E-state index in [4.69, 9.17) is 0 Å². The van der Waals surface area contributed by atoms with E-state index in [0.29, 0.717) is 12.6 Å². The number of carbonyl (C=O) groups is 1. The number of hydrogen-bond acceptors (Lipinski definition) is 3. The molecule has 1 saturated carbocycles. The lowest BCUT2D eigenvalue weighted by Crippen LogP contribution is -2.48. The number of aromatic nitrogens is 2. The van der Waals surface area contributed by atoms with Crippen LogP contribution >= 0.6 is 0 Å². The average molecular weight is 344 g/mol. The van der Waals surface area contributed by atoms with Gasteiger partial charge in [-0.25, -0.2) is 9.48 Å². The van der Waals surface area contributed by atoms with Gasteiger partial charge in [-0.05, 0) is 56.9 Å². The Morgan fingerprint density at radius 3 is 2.76 bits per heavy atom. The zero-order chi connectivity index (χ0) is 17.2. The molecule has 0 aromatic carbocycles. The maximum Gasteiger partial charge on any atom is 0.317 e. The van der Waals surface area contributed by atoms with E-state index in [0.717, 1.165) is 69.2 Å². The molecule has 1 aliphatic heterocycles. The van der Waals surface area contributed by atoms with Crippen molar-refractivity contribution in [2.24, 2.45) is 0 Å². The van der Waals surface area contributed by atoms with Crippen LogP contribution in [0.2, 0.25) is 0 Å². The summed E-state index contributed by atoms with van der Waals surface area (Å²) in [5.74, 6) is 0. The average Bonchev–Trinajstić information content (AvgIpc) is 3.27. The number of hydrogen-bond donors (Lipinski definition) is 1. The summed E-state index contributed by atoms with van der Waals surface area (Å²) in [6.07, 6.45) is 10.8. The first-order valence-corrected chi connectivity index (χ1v) is 9.88. The molecule has 1 N–H and O–H groups in total. The van der Waals surface area contributed by atoms with Crippen LogP contribution in [0.15, 0.2) is 10.9 Å². The standard InChI is InChI=1S/C19H28N4O2/c24-18-12-14-6-1-4-10-17(14)21-23(18)13-16-9-5-11-22(16)19(25)20-15-7-2-3-8-15/h12,15-16H,1-11,13H2,(H,20,25). The molecule has 136 valence electrons. The molecule has 2 heterocycles. The largest absolute Gasteiger partial charge is 0.335 e. The van der Waals surface area contributed by atoms with Crippen LogP contribution in [0.5, 0.6) is 0 Å². The van der Waals surface area contributed by atoms with Gasteiger partial charge in [-0.2, -0.15) is 5.10 Å². The zero-order valence-corrected chi connectivity index (χ0v) is 14.9. The number of fused-ring (bicyclic) bond motifs is 1. The van der Waals surface area contributed by atoms with E-state index in [1.165, 1.54) is 12.8 Å². The van der Waals surface area contributed by atoms with Gasteiger partial charge in [0, 0.05) is 18.7 Å². The van der Waals surface area contributed by atoms with Crippen molar-refractivity contribution < 1.29 is 4.79 Å². The first kappa shape index (κ1) is 16.6. The SMILES string of the molecule is O=C(NC1CCCC1)N1CCCC1Cn1nc2c(cc1=O)CCCC2. The molecule has 4 rings (SSSR count). The van der Waals surface area contributed by atoms with Crippen LogP contribution in [0.25, 0.3) is 0 Å². The minimum absolute atomic E-state index is 0.0244. The third-order valence-electron chi connectivity index (χ3n) is 5.98. The van der Waals surface area contributed by atoms with Crippen molar-refractivity contribution in [1.82, 2.24) is 20.0 Å². The summed E-state index contributed by atoms with van der Waals surface area (Å²) in [6, 6.07) is 2.21. The number of aryl methyl sites for hydroxylation is 2. The Bertz CT molecular complexity index is 693. The lowest BCUT2D eigenvalue weighted by Gasteiger charge is -2.27. The van der Waals surface area contributed by atoms with Crippen LogP contribution in [0.4, 0.5) is 4.79 Å². The molecule has 25 heavy (non-hydrogen) atoms. The smallest absolute Gasteiger partial charge is 0.317 e. The third-order valence-corrected chi connectivity index (χ3v) is 5.98. The molecule has 6 nitrogen and oxygen atoms in total. The summed E-state index contributed by atoms with van der Waals surface area (Å²) in [6.45, 7) is 1.30. The molecule has 1 unspecified atom stereocenters. The van der Waals surface area contributed by atoms with Crippen LogP contribution < -0.4 is 10.9 Å². The first-order chi connectivity index (χ1) is 12.2. The quantitative estimate of drug-likeness (QED) is 0.914. The topological polar surface area (TPSA) is 67.2 Å². The van der Waals surface area contributed by atoms with E-state index in [9.17, 15) is 9.59 Å². The lowest BCUT2D eigenvalue weighted by atomic mass is 9.97. The van der Waals surface area contributed by atoms with Crippen molar-refractivity contribution in [3.05, 3.63) is 27.7 Å². The van der Waals surface area contributed by atoms with Gasteiger partial charge in [0.15, 0.2) is 0 Å². The minimum atomic E-state index is -0.0244. The van der Waals surface area contributed by atoms with E-state index >= 15 is 0 Å². The highest BCUT2D eigenvalue weighted by atomic mass is 16.2. The van der Waals surface area contributed by atoms with E-state index in [1.54, 1.807) is 10.7 Å². The summed E-state index contributed by atoms with van der Waals surface area (Å²) in [5.41, 5.74) is 2.17. The second-order valence-corrected chi connectivity index (χ2v) is 7.76. The number of rotatable bonds is 3. The fourth-order valence-corrected chi connectivity index (χ4v) is 4.55. The van der Waals surface area contributed by atoms with Crippen LogP contribution in [0, 0.1) is 0 Å². The Kier molecular flexibility index (Phi) is 4.77. The molecule has 1 aromatic rings. The predicted molar refractivity (Wildman–Crippen MR) is 95.7 cm³/mol. The lowest BCUT2D eigenvalue weighted by molar-refractivity contribution is 0.181. The van der Waals surface area contributed by atoms with Crippen molar-refractivity contribution in [1.29, 1.82) is 0 Å². The molecule has 6 heteroatoms. The maximum absolute atomic E-state index is 12.6. The monoisotopic (exact) mass is 344 g/mol. The normalized spacial score (nSPS) is 23.7. The summed E-state index contributed by atoms with van der Waals surface area (Å²) in [5, 5.41) is 7.80. The fourth-order valence-electron chi connectivity index (χ4n) is 4.55. The van der Waals surface area contributed by atoms with Gasteiger partial charge in [0.25, 0.3) is 5.56 Å². The number of amides is 2. The maximum atomic E-state index is 12.6. The number of likely N-dealkylation sites (tertiary alicyclic amines) is 1. The second kappa shape index (κ2) is 7.18. The number of carbonyl (C=O) groups excluding carboxylic acids is 1. The number of nitrogens with zero attached hydrogens (tertiary/aromatic N) is 3. The van der Waals surface area contributed by atoms with Crippen molar-refractivity contribution in [3.8, 4) is 0 Å². The highest BCUT2D eigenvalue weighted by Crippen LogP contribution is 2.22. The first-order valence-electron chi connectivity index (χ1n) is 9.88. The summed E-state index contributed by atoms with van der Waals surface area (Å²) < 4.78 is 1.59. The molecular formula is C19H28N4O2. The summed E-state index contributed by atoms with van der Waals surface area (Å²) in [4.78, 5) is 27.0. The molecule has 0 radical (unpaired) electrons. The van der Waals surface area contributed by atoms with Gasteiger partial charge >= 0.3 is 6.03 Å². The van der Waals surface area contributed by atoms with E-state index in [-0.39, 0.29) is 17.6 Å². The second-order valence-electron chi connectivity index (χ2n) is 7.76. The van der Waals surface area contributed by atoms with Gasteiger partial charge in [-0.15, -0.1) is 0 Å². The highest BCUT2D eigenvalue weighted by Gasteiger charge is 2.31. The zero-order valence-electron chi connectivity index (χ0n) is 14.9. The number of urea groups is 1. The van der Waals surface area contributed by atoms with Gasteiger partial charge in [-0.3, -0.25) is 4.79 Å². The van der Waals surface area contributed by atoms with E-state index < -0.39 is 0 Å². The van der Waals surface area contributed by atoms with Crippen molar-refractivity contribution in [2.45, 2.75) is 82.8 Å². The molecular weight excluding hydrogens is 316 g/mol. The van der Waals surface area contributed by atoms with Gasteiger partial charge in [0.1, 0.15) is 0 Å². The molecule has 2 amide bonds. The van der Waals surface area contributed by atoms with E-state index in [1.807, 2.05) is 4.90 Å². The van der Waals surface area contributed by atoms with Gasteiger partial charge in [0.05, 0.1) is 18.3 Å². The van der Waals surface area contributed by atoms with Gasteiger partial charge in [-0.1, -0.05) is 12.8 Å². The van der Waals surface area contributed by atoms with Crippen molar-refractivity contribution in [2.75, 3.05) is 6.54 Å². The third kappa shape index (κ3) is 3.58. The number of nitrogens with one attached hydrogen (secondary N) is 1. The molecule has 1 saturated heterocycles. The molecule has 3 aliphatic rings. The molecule has 0 spiro atoms.